The third kappa shape index (κ3) is 3.28. The van der Waals surface area contributed by atoms with E-state index in [2.05, 4.69) is 20.8 Å². The van der Waals surface area contributed by atoms with Gasteiger partial charge in [0.25, 0.3) is 5.79 Å². The molecule has 0 radical (unpaired) electrons. The minimum Gasteiger partial charge on any atom is -0.448 e. The summed E-state index contributed by atoms with van der Waals surface area (Å²) >= 11 is 1.31. The monoisotopic (exact) mass is 361 g/mol. The number of ether oxygens (including phenoxy) is 2. The van der Waals surface area contributed by atoms with E-state index in [0.29, 0.717) is 23.1 Å². The highest BCUT2D eigenvalue weighted by atomic mass is 32.2. The Morgan fingerprint density at radius 2 is 2.12 bits per heavy atom. The van der Waals surface area contributed by atoms with Gasteiger partial charge >= 0.3 is 0 Å². The fourth-order valence-electron chi connectivity index (χ4n) is 3.11. The molecule has 1 spiro atoms. The fourth-order valence-corrected chi connectivity index (χ4v) is 3.86. The lowest BCUT2D eigenvalue weighted by Gasteiger charge is -2.21. The van der Waals surface area contributed by atoms with E-state index in [1.807, 2.05) is 25.1 Å². The number of hydrogen-bond donors (Lipinski definition) is 1. The Labute approximate surface area is 149 Å². The minimum atomic E-state index is -0.488. The maximum atomic E-state index is 12.2. The molecule has 0 bridgehead atoms. The Morgan fingerprint density at radius 1 is 1.32 bits per heavy atom. The van der Waals surface area contributed by atoms with Crippen LogP contribution in [0, 0.1) is 0 Å². The molecule has 4 rings (SSSR count). The summed E-state index contributed by atoms with van der Waals surface area (Å²) in [7, 11) is 0. The van der Waals surface area contributed by atoms with Gasteiger partial charge in [0.2, 0.25) is 11.1 Å². The third-order valence-electron chi connectivity index (χ3n) is 4.32. The Kier molecular flexibility index (Phi) is 4.24. The van der Waals surface area contributed by atoms with E-state index in [1.54, 1.807) is 4.68 Å². The largest absolute Gasteiger partial charge is 0.448 e. The molecule has 1 amide bonds. The first-order chi connectivity index (χ1) is 12.2. The molecule has 2 heterocycles. The first kappa shape index (κ1) is 16.2. The van der Waals surface area contributed by atoms with Crippen LogP contribution in [-0.4, -0.2) is 37.7 Å². The van der Waals surface area contributed by atoms with Gasteiger partial charge < -0.3 is 14.8 Å². The number of carbonyl (C=O) groups is 1. The fraction of sp³-hybridized carbons (Fsp3) is 0.500. The average Bonchev–Trinajstić information content (AvgIpc) is 3.32. The number of carbonyl (C=O) groups excluding carboxylic acids is 1. The lowest BCUT2D eigenvalue weighted by atomic mass is 10.2. The number of tetrazole rings is 1. The van der Waals surface area contributed by atoms with Crippen LogP contribution in [0.5, 0.6) is 11.5 Å². The smallest absolute Gasteiger partial charge is 0.251 e. The number of aromatic nitrogens is 4. The van der Waals surface area contributed by atoms with Crippen LogP contribution in [0.1, 0.15) is 32.6 Å². The van der Waals surface area contributed by atoms with Gasteiger partial charge in [0.15, 0.2) is 11.5 Å². The number of nitrogens with zero attached hydrogens (tertiary/aromatic N) is 4. The highest BCUT2D eigenvalue weighted by Crippen LogP contribution is 2.47. The van der Waals surface area contributed by atoms with Crippen LogP contribution in [0.2, 0.25) is 0 Å². The van der Waals surface area contributed by atoms with Gasteiger partial charge in [-0.25, -0.2) is 4.68 Å². The molecule has 0 unspecified atom stereocenters. The van der Waals surface area contributed by atoms with Gasteiger partial charge in [0, 0.05) is 31.1 Å². The molecule has 1 aliphatic heterocycles. The van der Waals surface area contributed by atoms with E-state index in [0.717, 1.165) is 31.4 Å². The second kappa shape index (κ2) is 6.55. The van der Waals surface area contributed by atoms with Crippen LogP contribution < -0.4 is 14.8 Å². The zero-order valence-corrected chi connectivity index (χ0v) is 14.7. The van der Waals surface area contributed by atoms with Crippen LogP contribution in [0.15, 0.2) is 23.4 Å². The van der Waals surface area contributed by atoms with Gasteiger partial charge in [-0.1, -0.05) is 11.8 Å². The van der Waals surface area contributed by atoms with Gasteiger partial charge in [-0.3, -0.25) is 4.79 Å². The van der Waals surface area contributed by atoms with Gasteiger partial charge in [-0.05, 0) is 42.3 Å². The number of thioether (sulfide) groups is 1. The van der Waals surface area contributed by atoms with E-state index < -0.39 is 5.79 Å². The summed E-state index contributed by atoms with van der Waals surface area (Å²) in [6.45, 7) is 2.62. The Morgan fingerprint density at radius 3 is 2.92 bits per heavy atom. The standard InChI is InChI=1S/C16H19N5O3S/c1-2-21-15(18-19-20-21)25-10-14(22)17-11-5-6-12-13(9-11)24-16(23-12)7-3-4-8-16/h5-6,9H,2-4,7-8,10H2,1H3,(H,17,22). The molecule has 0 atom stereocenters. The normalized spacial score (nSPS) is 17.2. The van der Waals surface area contributed by atoms with Crippen LogP contribution in [-0.2, 0) is 11.3 Å². The van der Waals surface area contributed by atoms with Crippen LogP contribution in [0.25, 0.3) is 0 Å². The summed E-state index contributed by atoms with van der Waals surface area (Å²) in [6.07, 6.45) is 4.05. The number of aryl methyl sites for hydroxylation is 1. The molecule has 1 saturated carbocycles. The molecule has 9 heteroatoms. The molecule has 1 N–H and O–H groups in total. The topological polar surface area (TPSA) is 91.2 Å². The molecule has 1 aromatic carbocycles. The second-order valence-corrected chi connectivity index (χ2v) is 7.04. The number of benzene rings is 1. The maximum absolute atomic E-state index is 12.2. The summed E-state index contributed by atoms with van der Waals surface area (Å²) in [5.74, 6) is 1.07. The van der Waals surface area contributed by atoms with Crippen LogP contribution >= 0.6 is 11.8 Å². The van der Waals surface area contributed by atoms with Crippen LogP contribution in [0.4, 0.5) is 5.69 Å². The summed E-state index contributed by atoms with van der Waals surface area (Å²) in [5.41, 5.74) is 0.693. The van der Waals surface area contributed by atoms with Crippen molar-refractivity contribution in [2.75, 3.05) is 11.1 Å². The zero-order chi connectivity index (χ0) is 17.3. The van der Waals surface area contributed by atoms with E-state index in [-0.39, 0.29) is 11.7 Å². The van der Waals surface area contributed by atoms with E-state index in [4.69, 9.17) is 9.47 Å². The predicted octanol–water partition coefficient (Wildman–Crippen LogP) is 2.47. The van der Waals surface area contributed by atoms with E-state index >= 15 is 0 Å². The maximum Gasteiger partial charge on any atom is 0.251 e. The molecule has 1 aliphatic carbocycles. The summed E-state index contributed by atoms with van der Waals surface area (Å²) in [4.78, 5) is 12.2. The van der Waals surface area contributed by atoms with Crippen molar-refractivity contribution in [1.82, 2.24) is 20.2 Å². The first-order valence-corrected chi connectivity index (χ1v) is 9.37. The SMILES string of the molecule is CCn1nnnc1SCC(=O)Nc1ccc2c(c1)OC1(CCCC1)O2. The van der Waals surface area contributed by atoms with Crippen molar-refractivity contribution in [1.29, 1.82) is 0 Å². The second-order valence-electron chi connectivity index (χ2n) is 6.10. The minimum absolute atomic E-state index is 0.120. The summed E-state index contributed by atoms with van der Waals surface area (Å²) in [6, 6.07) is 5.50. The molecule has 2 aliphatic rings. The number of anilines is 1. The Bertz CT molecular complexity index is 788. The lowest BCUT2D eigenvalue weighted by Crippen LogP contribution is -2.34. The summed E-state index contributed by atoms with van der Waals surface area (Å²) < 4.78 is 13.6. The molecule has 2 aromatic rings. The molecular formula is C16H19N5O3S. The molecule has 1 fully saturated rings. The predicted molar refractivity (Wildman–Crippen MR) is 91.7 cm³/mol. The van der Waals surface area contributed by atoms with Gasteiger partial charge in [0.05, 0.1) is 5.75 Å². The number of nitrogens with one attached hydrogen (secondary N) is 1. The van der Waals surface area contributed by atoms with Crippen molar-refractivity contribution in [2.24, 2.45) is 0 Å². The van der Waals surface area contributed by atoms with Crippen molar-refractivity contribution in [3.05, 3.63) is 18.2 Å². The molecule has 0 saturated heterocycles. The zero-order valence-electron chi connectivity index (χ0n) is 13.9. The van der Waals surface area contributed by atoms with Crippen LogP contribution in [0.3, 0.4) is 0 Å². The number of fused-ring (bicyclic) bond motifs is 1. The quantitative estimate of drug-likeness (QED) is 0.818. The highest BCUT2D eigenvalue weighted by Gasteiger charge is 2.44. The number of rotatable bonds is 5. The Hall–Kier alpha value is -2.29. The van der Waals surface area contributed by atoms with E-state index in [9.17, 15) is 4.79 Å². The van der Waals surface area contributed by atoms with Gasteiger partial charge in [-0.15, -0.1) is 5.10 Å². The highest BCUT2D eigenvalue weighted by molar-refractivity contribution is 7.99. The summed E-state index contributed by atoms with van der Waals surface area (Å²) in [5, 5.41) is 14.9. The first-order valence-electron chi connectivity index (χ1n) is 8.38. The Balaban J connectivity index is 1.36. The van der Waals surface area contributed by atoms with Crippen molar-refractivity contribution < 1.29 is 14.3 Å². The van der Waals surface area contributed by atoms with Crippen molar-refractivity contribution in [3.63, 3.8) is 0 Å². The number of hydrogen-bond acceptors (Lipinski definition) is 7. The molecular weight excluding hydrogens is 342 g/mol. The molecule has 132 valence electrons. The molecule has 8 nitrogen and oxygen atoms in total. The van der Waals surface area contributed by atoms with E-state index in [1.165, 1.54) is 11.8 Å². The average molecular weight is 361 g/mol. The van der Waals surface area contributed by atoms with Crippen molar-refractivity contribution in [3.8, 4) is 11.5 Å². The van der Waals surface area contributed by atoms with Gasteiger partial charge in [0.1, 0.15) is 0 Å². The molecule has 1 aromatic heterocycles. The molecule has 25 heavy (non-hydrogen) atoms. The van der Waals surface area contributed by atoms with Gasteiger partial charge in [-0.2, -0.15) is 0 Å². The lowest BCUT2D eigenvalue weighted by molar-refractivity contribution is -0.113. The number of amides is 1. The third-order valence-corrected chi connectivity index (χ3v) is 5.27. The van der Waals surface area contributed by atoms with Crippen molar-refractivity contribution in [2.45, 2.75) is 50.1 Å². The van der Waals surface area contributed by atoms with Crippen molar-refractivity contribution >= 4 is 23.4 Å².